The Morgan fingerprint density at radius 3 is 2.29 bits per heavy atom. The van der Waals surface area contributed by atoms with Gasteiger partial charge in [-0.25, -0.2) is 0 Å². The van der Waals surface area contributed by atoms with Crippen LogP contribution in [0.4, 0.5) is 18.9 Å². The topological polar surface area (TPSA) is 44.4 Å². The zero-order valence-corrected chi connectivity index (χ0v) is 11.7. The summed E-state index contributed by atoms with van der Waals surface area (Å²) in [5.74, 6) is -0.253. The molecule has 0 spiro atoms. The van der Waals surface area contributed by atoms with Crippen LogP contribution in [0.3, 0.4) is 0 Å². The normalized spacial score (nSPS) is 18.3. The lowest BCUT2D eigenvalue weighted by atomic mass is 10.0. The van der Waals surface area contributed by atoms with E-state index in [0.717, 1.165) is 0 Å². The van der Waals surface area contributed by atoms with Crippen LogP contribution in [-0.4, -0.2) is 43.2 Å². The quantitative estimate of drug-likeness (QED) is 0.899. The van der Waals surface area contributed by atoms with Gasteiger partial charge in [0.15, 0.2) is 0 Å². The zero-order valence-electron chi connectivity index (χ0n) is 11.7. The van der Waals surface area contributed by atoms with Crippen molar-refractivity contribution in [2.24, 2.45) is 0 Å². The van der Waals surface area contributed by atoms with Crippen LogP contribution >= 0.6 is 0 Å². The molecule has 4 nitrogen and oxygen atoms in total. The van der Waals surface area contributed by atoms with E-state index in [2.05, 4.69) is 10.6 Å². The molecule has 0 unspecified atom stereocenters. The number of rotatable bonds is 3. The van der Waals surface area contributed by atoms with Gasteiger partial charge in [0.1, 0.15) is 6.04 Å². The molecule has 1 aliphatic rings. The average Bonchev–Trinajstić information content (AvgIpc) is 2.40. The van der Waals surface area contributed by atoms with Crippen molar-refractivity contribution in [3.05, 3.63) is 29.8 Å². The molecular formula is C14H18F3N3O. The van der Waals surface area contributed by atoms with Crippen LogP contribution < -0.4 is 10.6 Å². The largest absolute Gasteiger partial charge is 0.408 e. The summed E-state index contributed by atoms with van der Waals surface area (Å²) in [6, 6.07) is 4.23. The van der Waals surface area contributed by atoms with E-state index in [-0.39, 0.29) is 11.5 Å². The molecule has 1 amide bonds. The number of amides is 1. The van der Waals surface area contributed by atoms with E-state index in [1.807, 2.05) is 0 Å². The van der Waals surface area contributed by atoms with Crippen LogP contribution in [0, 0.1) is 0 Å². The Morgan fingerprint density at radius 2 is 1.81 bits per heavy atom. The number of hydrogen-bond acceptors (Lipinski definition) is 3. The molecule has 1 aromatic rings. The molecule has 0 bridgehead atoms. The summed E-state index contributed by atoms with van der Waals surface area (Å²) in [6.07, 6.45) is -4.33. The predicted molar refractivity (Wildman–Crippen MR) is 74.0 cm³/mol. The fourth-order valence-corrected chi connectivity index (χ4v) is 2.50. The minimum Gasteiger partial charge on any atom is -0.326 e. The van der Waals surface area contributed by atoms with Crippen molar-refractivity contribution in [3.8, 4) is 0 Å². The molecule has 1 aromatic carbocycles. The standard InChI is InChI=1S/C14H18F3N3O/c1-10(21)19-12-4-2-11(3-5-12)13(14(15,16)17)20-8-6-18-7-9-20/h2-5,13,18H,6-9H2,1H3,(H,19,21)/t13-/m1/s1. The van der Waals surface area contributed by atoms with Gasteiger partial charge < -0.3 is 10.6 Å². The van der Waals surface area contributed by atoms with Crippen LogP contribution in [0.2, 0.25) is 0 Å². The van der Waals surface area contributed by atoms with Gasteiger partial charge in [-0.2, -0.15) is 13.2 Å². The first-order valence-electron chi connectivity index (χ1n) is 6.77. The summed E-state index contributed by atoms with van der Waals surface area (Å²) >= 11 is 0. The first-order chi connectivity index (χ1) is 9.88. The molecule has 1 heterocycles. The first-order valence-corrected chi connectivity index (χ1v) is 6.77. The van der Waals surface area contributed by atoms with Gasteiger partial charge in [0.2, 0.25) is 5.91 Å². The number of halogens is 3. The molecule has 21 heavy (non-hydrogen) atoms. The van der Waals surface area contributed by atoms with Crippen molar-refractivity contribution in [2.75, 3.05) is 31.5 Å². The molecule has 1 atom stereocenters. The lowest BCUT2D eigenvalue weighted by molar-refractivity contribution is -0.187. The van der Waals surface area contributed by atoms with E-state index in [1.165, 1.54) is 36.1 Å². The summed E-state index contributed by atoms with van der Waals surface area (Å²) in [4.78, 5) is 12.4. The summed E-state index contributed by atoms with van der Waals surface area (Å²) < 4.78 is 40.1. The van der Waals surface area contributed by atoms with Gasteiger partial charge in [-0.3, -0.25) is 9.69 Å². The highest BCUT2D eigenvalue weighted by atomic mass is 19.4. The maximum Gasteiger partial charge on any atom is 0.408 e. The van der Waals surface area contributed by atoms with Gasteiger partial charge in [0.25, 0.3) is 0 Å². The first kappa shape index (κ1) is 15.8. The second-order valence-electron chi connectivity index (χ2n) is 5.03. The molecule has 1 saturated heterocycles. The van der Waals surface area contributed by atoms with Crippen LogP contribution in [0.25, 0.3) is 0 Å². The Kier molecular flexibility index (Phi) is 4.84. The highest BCUT2D eigenvalue weighted by molar-refractivity contribution is 5.88. The number of nitrogens with zero attached hydrogens (tertiary/aromatic N) is 1. The number of carbonyl (C=O) groups excluding carboxylic acids is 1. The molecule has 0 aromatic heterocycles. The minimum atomic E-state index is -4.33. The van der Waals surface area contributed by atoms with Gasteiger partial charge in [-0.05, 0) is 17.7 Å². The summed E-state index contributed by atoms with van der Waals surface area (Å²) in [5, 5.41) is 5.59. The number of hydrogen-bond donors (Lipinski definition) is 2. The van der Waals surface area contributed by atoms with Crippen molar-refractivity contribution >= 4 is 11.6 Å². The maximum atomic E-state index is 13.4. The van der Waals surface area contributed by atoms with E-state index in [1.54, 1.807) is 0 Å². The van der Waals surface area contributed by atoms with Crippen molar-refractivity contribution in [3.63, 3.8) is 0 Å². The molecule has 0 radical (unpaired) electrons. The third-order valence-electron chi connectivity index (χ3n) is 3.37. The fraction of sp³-hybridized carbons (Fsp3) is 0.500. The summed E-state index contributed by atoms with van der Waals surface area (Å²) in [7, 11) is 0. The smallest absolute Gasteiger partial charge is 0.326 e. The molecule has 1 aliphatic heterocycles. The van der Waals surface area contributed by atoms with Crippen molar-refractivity contribution in [1.82, 2.24) is 10.2 Å². The molecule has 116 valence electrons. The Bertz CT molecular complexity index is 481. The SMILES string of the molecule is CC(=O)Nc1ccc([C@@H](N2CCNCC2)C(F)(F)F)cc1. The van der Waals surface area contributed by atoms with Crippen LogP contribution in [0.15, 0.2) is 24.3 Å². The van der Waals surface area contributed by atoms with Crippen molar-refractivity contribution < 1.29 is 18.0 Å². The number of alkyl halides is 3. The lowest BCUT2D eigenvalue weighted by Gasteiger charge is -2.36. The second kappa shape index (κ2) is 6.44. The molecule has 2 rings (SSSR count). The van der Waals surface area contributed by atoms with Crippen LogP contribution in [0.5, 0.6) is 0 Å². The fourth-order valence-electron chi connectivity index (χ4n) is 2.50. The second-order valence-corrected chi connectivity index (χ2v) is 5.03. The Balaban J connectivity index is 2.22. The molecule has 2 N–H and O–H groups in total. The van der Waals surface area contributed by atoms with Crippen molar-refractivity contribution in [2.45, 2.75) is 19.1 Å². The van der Waals surface area contributed by atoms with Gasteiger partial charge in [0.05, 0.1) is 0 Å². The van der Waals surface area contributed by atoms with Gasteiger partial charge >= 0.3 is 6.18 Å². The number of benzene rings is 1. The molecule has 0 saturated carbocycles. The highest BCUT2D eigenvalue weighted by Gasteiger charge is 2.44. The molecule has 0 aliphatic carbocycles. The lowest BCUT2D eigenvalue weighted by Crippen LogP contribution is -2.49. The maximum absolute atomic E-state index is 13.4. The Morgan fingerprint density at radius 1 is 1.24 bits per heavy atom. The van der Waals surface area contributed by atoms with Gasteiger partial charge in [0, 0.05) is 38.8 Å². The molecule has 1 fully saturated rings. The van der Waals surface area contributed by atoms with E-state index >= 15 is 0 Å². The number of carbonyl (C=O) groups is 1. The molecular weight excluding hydrogens is 283 g/mol. The predicted octanol–water partition coefficient (Wildman–Crippen LogP) is 2.15. The van der Waals surface area contributed by atoms with Gasteiger partial charge in [-0.1, -0.05) is 12.1 Å². The van der Waals surface area contributed by atoms with Crippen LogP contribution in [0.1, 0.15) is 18.5 Å². The van der Waals surface area contributed by atoms with E-state index in [4.69, 9.17) is 0 Å². The number of piperazine rings is 1. The minimum absolute atomic E-state index is 0.193. The molecule has 7 heteroatoms. The third kappa shape index (κ3) is 4.18. The van der Waals surface area contributed by atoms with E-state index in [0.29, 0.717) is 31.9 Å². The summed E-state index contributed by atoms with van der Waals surface area (Å²) in [5.41, 5.74) is 0.686. The Labute approximate surface area is 121 Å². The average molecular weight is 301 g/mol. The van der Waals surface area contributed by atoms with Crippen molar-refractivity contribution in [1.29, 1.82) is 0 Å². The Hall–Kier alpha value is -1.60. The number of nitrogens with one attached hydrogen (secondary N) is 2. The van der Waals surface area contributed by atoms with Gasteiger partial charge in [-0.15, -0.1) is 0 Å². The zero-order chi connectivity index (χ0) is 15.5. The number of anilines is 1. The van der Waals surface area contributed by atoms with E-state index < -0.39 is 12.2 Å². The monoisotopic (exact) mass is 301 g/mol. The van der Waals surface area contributed by atoms with Crippen LogP contribution in [-0.2, 0) is 4.79 Å². The summed E-state index contributed by atoms with van der Waals surface area (Å²) in [6.45, 7) is 3.18. The van der Waals surface area contributed by atoms with E-state index in [9.17, 15) is 18.0 Å². The highest BCUT2D eigenvalue weighted by Crippen LogP contribution is 2.38. The third-order valence-corrected chi connectivity index (χ3v) is 3.37.